The monoisotopic (exact) mass is 1370 g/mol. The van der Waals surface area contributed by atoms with Gasteiger partial charge in [-0.2, -0.15) is 10.2 Å². The van der Waals surface area contributed by atoms with Crippen molar-refractivity contribution in [3.63, 3.8) is 0 Å². The van der Waals surface area contributed by atoms with Crippen molar-refractivity contribution in [3.05, 3.63) is 279 Å². The molecule has 103 heavy (non-hydrogen) atoms. The highest BCUT2D eigenvalue weighted by Crippen LogP contribution is 2.34. The van der Waals surface area contributed by atoms with Crippen LogP contribution in [0.1, 0.15) is 58.6 Å². The molecule has 0 saturated carbocycles. The van der Waals surface area contributed by atoms with Crippen LogP contribution < -0.4 is 18.9 Å². The first-order chi connectivity index (χ1) is 49.7. The fourth-order valence-electron chi connectivity index (χ4n) is 12.2. The van der Waals surface area contributed by atoms with Crippen LogP contribution in [0.2, 0.25) is 0 Å². The topological polar surface area (TPSA) is 153 Å². The zero-order valence-electron chi connectivity index (χ0n) is 58.7. The Morgan fingerprint density at radius 1 is 0.369 bits per heavy atom. The number of aromatic nitrogens is 12. The van der Waals surface area contributed by atoms with Gasteiger partial charge in [-0.05, 0) is 204 Å². The van der Waals surface area contributed by atoms with Crippen LogP contribution in [0.15, 0.2) is 262 Å². The van der Waals surface area contributed by atoms with E-state index in [1.54, 1.807) is 18.3 Å². The average molecular weight is 1380 g/mol. The molecule has 10 heterocycles. The van der Waals surface area contributed by atoms with Crippen LogP contribution in [-0.4, -0.2) is 82.2 Å². The molecule has 0 spiro atoms. The van der Waals surface area contributed by atoms with Crippen molar-refractivity contribution in [2.45, 2.75) is 87.0 Å². The molecule has 0 radical (unpaired) electrons. The second-order valence-corrected chi connectivity index (χ2v) is 25.6. The summed E-state index contributed by atoms with van der Waals surface area (Å²) in [5.41, 5.74) is 23.8. The maximum Gasteiger partial charge on any atom is 0.573 e. The van der Waals surface area contributed by atoms with Gasteiger partial charge in [-0.1, -0.05) is 109 Å². The van der Waals surface area contributed by atoms with Crippen molar-refractivity contribution in [2.24, 2.45) is 7.05 Å². The predicted octanol–water partition coefficient (Wildman–Crippen LogP) is 20.3. The smallest absolute Gasteiger partial charge is 0.491 e. The van der Waals surface area contributed by atoms with E-state index >= 15 is 0 Å². The van der Waals surface area contributed by atoms with Gasteiger partial charge in [0, 0.05) is 65.5 Å². The largest absolute Gasteiger partial charge is 0.573 e. The molecule has 0 amide bonds. The summed E-state index contributed by atoms with van der Waals surface area (Å²) >= 11 is 0. The van der Waals surface area contributed by atoms with E-state index in [1.165, 1.54) is 12.1 Å². The number of aromatic amines is 1. The molecule has 0 aliphatic heterocycles. The summed E-state index contributed by atoms with van der Waals surface area (Å²) in [6.45, 7) is 18.3. The number of aryl methyl sites for hydroxylation is 3. The van der Waals surface area contributed by atoms with Crippen LogP contribution in [0.4, 0.5) is 13.2 Å². The number of rotatable bonds is 15. The van der Waals surface area contributed by atoms with E-state index in [9.17, 15) is 13.2 Å². The number of halogens is 3. The van der Waals surface area contributed by atoms with Gasteiger partial charge in [0.2, 0.25) is 0 Å². The first-order valence-corrected chi connectivity index (χ1v) is 33.9. The van der Waals surface area contributed by atoms with Crippen LogP contribution >= 0.6 is 0 Å². The summed E-state index contributed by atoms with van der Waals surface area (Å²) in [6.07, 6.45) is 13.4. The average Bonchev–Trinajstić information content (AvgIpc) is 1.69. The maximum absolute atomic E-state index is 12.2. The molecule has 16 aromatic rings. The van der Waals surface area contributed by atoms with Gasteiger partial charge < -0.3 is 18.9 Å². The molecule has 1 N–H and O–H groups in total. The van der Waals surface area contributed by atoms with Gasteiger partial charge in [0.15, 0.2) is 0 Å². The highest BCUT2D eigenvalue weighted by molar-refractivity contribution is 5.76. The quantitative estimate of drug-likeness (QED) is 0.105. The Labute approximate surface area is 594 Å². The summed E-state index contributed by atoms with van der Waals surface area (Å²) in [7, 11) is 1.95. The van der Waals surface area contributed by atoms with Gasteiger partial charge in [0.05, 0.1) is 77.8 Å². The lowest BCUT2D eigenvalue weighted by Crippen LogP contribution is -2.16. The molecule has 10 aromatic heterocycles. The lowest BCUT2D eigenvalue weighted by atomic mass is 10.1. The van der Waals surface area contributed by atoms with Gasteiger partial charge in [-0.15, -0.1) is 13.2 Å². The minimum Gasteiger partial charge on any atom is -0.491 e. The molecule has 0 bridgehead atoms. The molecule has 0 unspecified atom stereocenters. The molecule has 0 aliphatic carbocycles. The predicted molar refractivity (Wildman–Crippen MR) is 401 cm³/mol. The number of imidazole rings is 4. The van der Waals surface area contributed by atoms with Crippen molar-refractivity contribution in [1.29, 1.82) is 0 Å². The SMILES string of the molecule is CC(C)Oc1ccc(-c2ccn3c(-c4ccccc4)cnc3c2)cc1.Cc1c(-c2cnc3cc(-c4ccc(OC(C)C)cc4)ccn23)cnn1C.Cc1n[nH]c(C)c1-c1cnc2cc(-c3ccc(OC(C)C)cc3)ccn12.FC(F)(F)Oc1ccc(-c2ccn3c(-c4ccccc4)cnc3c2)cc1. The summed E-state index contributed by atoms with van der Waals surface area (Å²) in [4.78, 5) is 18.2. The third kappa shape index (κ3) is 16.1. The third-order valence-electron chi connectivity index (χ3n) is 17.2. The zero-order chi connectivity index (χ0) is 71.9. The van der Waals surface area contributed by atoms with E-state index in [4.69, 9.17) is 14.2 Å². The lowest BCUT2D eigenvalue weighted by Gasteiger charge is -2.10. The number of H-pyrrole nitrogens is 1. The number of nitrogens with one attached hydrogen (secondary N) is 1. The molecule has 0 atom stereocenters. The molecule has 16 nitrogen and oxygen atoms in total. The highest BCUT2D eigenvalue weighted by Gasteiger charge is 2.31. The first kappa shape index (κ1) is 69.0. The minimum absolute atomic E-state index is 0.176. The van der Waals surface area contributed by atoms with Crippen molar-refractivity contribution in [2.75, 3.05) is 0 Å². The number of alkyl halides is 3. The third-order valence-corrected chi connectivity index (χ3v) is 17.2. The van der Waals surface area contributed by atoms with E-state index in [0.29, 0.717) is 0 Å². The van der Waals surface area contributed by atoms with Crippen LogP contribution in [-0.2, 0) is 7.05 Å². The van der Waals surface area contributed by atoms with Crippen LogP contribution in [0.25, 0.3) is 112 Å². The molecular formula is C84H77F3N12O4. The Hall–Kier alpha value is -12.5. The molecule has 16 rings (SSSR count). The van der Waals surface area contributed by atoms with E-state index < -0.39 is 6.36 Å². The Kier molecular flexibility index (Phi) is 20.2. The minimum atomic E-state index is -4.69. The molecule has 19 heteroatoms. The van der Waals surface area contributed by atoms with Crippen LogP contribution in [0.3, 0.4) is 0 Å². The number of pyridine rings is 4. The number of ether oxygens (including phenoxy) is 4. The maximum atomic E-state index is 12.2. The first-order valence-electron chi connectivity index (χ1n) is 33.9. The van der Waals surface area contributed by atoms with Crippen LogP contribution in [0.5, 0.6) is 23.0 Å². The Morgan fingerprint density at radius 2 is 0.699 bits per heavy atom. The van der Waals surface area contributed by atoms with Gasteiger partial charge in [-0.3, -0.25) is 27.4 Å². The summed E-state index contributed by atoms with van der Waals surface area (Å²) in [5.74, 6) is 2.43. The number of nitrogens with zero attached hydrogens (tertiary/aromatic N) is 11. The van der Waals surface area contributed by atoms with Gasteiger partial charge in [-0.25, -0.2) is 19.9 Å². The lowest BCUT2D eigenvalue weighted by molar-refractivity contribution is -0.274. The highest BCUT2D eigenvalue weighted by atomic mass is 19.4. The zero-order valence-corrected chi connectivity index (χ0v) is 58.7. The van der Waals surface area contributed by atoms with Crippen molar-refractivity contribution < 1.29 is 32.1 Å². The second-order valence-electron chi connectivity index (χ2n) is 25.6. The Bertz CT molecular complexity index is 5500. The van der Waals surface area contributed by atoms with E-state index in [1.807, 2.05) is 200 Å². The van der Waals surface area contributed by atoms with E-state index in [0.717, 1.165) is 146 Å². The summed E-state index contributed by atoms with van der Waals surface area (Å²) in [5, 5.41) is 11.7. The molecular weight excluding hydrogens is 1300 g/mol. The molecule has 0 fully saturated rings. The Balaban J connectivity index is 0.000000122. The standard InChI is InChI=1S/C22H20N2O.2C21H22N4O.C20H13F3N2O/c1-16(2)25-20-10-8-17(9-11-20)19-12-13-24-21(15-23-22(24)14-19)18-6-4-3-5-7-18;1-14(2)26-18-7-5-16(6-8-18)17-9-10-25-20(13-22-21(25)11-17)19-12-23-24(4)15(19)3;1-13(2)26-18-7-5-16(6-8-18)17-9-10-25-19(12-22-20(25)11-17)21-14(3)23-24-15(21)4;21-20(22,23)26-17-8-6-14(7-9-17)16-10-11-25-18(13-24-19(25)12-16)15-4-2-1-3-5-15/h3-16H,1-2H3;5-14H,1-4H3;5-13H,1-4H3,(H,23,24);1-13H. The number of hydrogen-bond donors (Lipinski definition) is 1. The summed E-state index contributed by atoms with van der Waals surface area (Å²) < 4.78 is 68.0. The second kappa shape index (κ2) is 30.1. The fourth-order valence-corrected chi connectivity index (χ4v) is 12.2. The molecule has 518 valence electrons. The van der Waals surface area contributed by atoms with E-state index in [-0.39, 0.29) is 24.1 Å². The number of benzene rings is 6. The van der Waals surface area contributed by atoms with Crippen LogP contribution in [0, 0.1) is 20.8 Å². The van der Waals surface area contributed by atoms with Gasteiger partial charge in [0.1, 0.15) is 45.6 Å². The van der Waals surface area contributed by atoms with Crippen molar-refractivity contribution in [1.82, 2.24) is 57.5 Å². The molecule has 0 aliphatic rings. The van der Waals surface area contributed by atoms with E-state index in [2.05, 4.69) is 164 Å². The number of fused-ring (bicyclic) bond motifs is 4. The normalized spacial score (nSPS) is 11.4. The number of hydrogen-bond acceptors (Lipinski definition) is 10. The fraction of sp³-hybridized carbons (Fsp3) is 0.167. The Morgan fingerprint density at radius 3 is 1.02 bits per heavy atom. The molecule has 6 aromatic carbocycles. The van der Waals surface area contributed by atoms with Crippen molar-refractivity contribution in [3.8, 4) is 113 Å². The van der Waals surface area contributed by atoms with Gasteiger partial charge in [0.25, 0.3) is 0 Å². The van der Waals surface area contributed by atoms with Crippen molar-refractivity contribution >= 4 is 22.6 Å². The molecule has 0 saturated heterocycles. The van der Waals surface area contributed by atoms with Gasteiger partial charge >= 0.3 is 6.36 Å². The summed E-state index contributed by atoms with van der Waals surface area (Å²) in [6, 6.07) is 67.1.